The van der Waals surface area contributed by atoms with Gasteiger partial charge in [0.25, 0.3) is 0 Å². The molecule has 0 radical (unpaired) electrons. The second-order valence-electron chi connectivity index (χ2n) is 5.23. The Morgan fingerprint density at radius 3 is 2.35 bits per heavy atom. The molecule has 0 saturated carbocycles. The van der Waals surface area contributed by atoms with Crippen LogP contribution < -0.4 is 0 Å². The van der Waals surface area contributed by atoms with Crippen LogP contribution in [0.1, 0.15) is 59.3 Å². The summed E-state index contributed by atoms with van der Waals surface area (Å²) in [6, 6.07) is 0. The Kier molecular flexibility index (Phi) is 10.2. The van der Waals surface area contributed by atoms with Crippen molar-refractivity contribution in [3.05, 3.63) is 0 Å². The van der Waals surface area contributed by atoms with Crippen LogP contribution in [0.5, 0.6) is 0 Å². The van der Waals surface area contributed by atoms with Crippen molar-refractivity contribution >= 4 is 5.97 Å². The maximum absolute atomic E-state index is 10.6. The summed E-state index contributed by atoms with van der Waals surface area (Å²) in [4.78, 5) is 12.9. The van der Waals surface area contributed by atoms with Crippen LogP contribution in [-0.4, -0.2) is 35.6 Å². The van der Waals surface area contributed by atoms with E-state index in [-0.39, 0.29) is 6.42 Å². The average molecular weight is 243 g/mol. The Bertz CT molecular complexity index is 193. The summed E-state index contributed by atoms with van der Waals surface area (Å²) in [5.74, 6) is 0.00562. The first-order chi connectivity index (χ1) is 8.06. The first-order valence-electron chi connectivity index (χ1n) is 7.00. The number of unbranched alkanes of at least 4 members (excludes halogenated alkanes) is 3. The highest BCUT2D eigenvalue weighted by Gasteiger charge is 2.08. The first-order valence-corrected chi connectivity index (χ1v) is 7.00. The predicted molar refractivity (Wildman–Crippen MR) is 72.3 cm³/mol. The number of carboxylic acids is 1. The number of hydrogen-bond acceptors (Lipinski definition) is 2. The quantitative estimate of drug-likeness (QED) is 0.565. The molecule has 0 aliphatic carbocycles. The summed E-state index contributed by atoms with van der Waals surface area (Å²) in [6.45, 7) is 9.44. The topological polar surface area (TPSA) is 40.5 Å². The van der Waals surface area contributed by atoms with Gasteiger partial charge in [0.15, 0.2) is 0 Å². The van der Waals surface area contributed by atoms with Crippen LogP contribution in [0.15, 0.2) is 0 Å². The van der Waals surface area contributed by atoms with E-state index in [9.17, 15) is 4.79 Å². The van der Waals surface area contributed by atoms with Gasteiger partial charge in [-0.05, 0) is 31.8 Å². The molecule has 0 aromatic rings. The zero-order valence-corrected chi connectivity index (χ0v) is 11.7. The SMILES string of the molecule is CCCCCCN(CCC(=O)O)CCC(C)C. The highest BCUT2D eigenvalue weighted by atomic mass is 16.4. The molecule has 3 heteroatoms. The third-order valence-corrected chi connectivity index (χ3v) is 2.99. The summed E-state index contributed by atoms with van der Waals surface area (Å²) in [5, 5.41) is 8.72. The van der Waals surface area contributed by atoms with E-state index in [1.54, 1.807) is 0 Å². The maximum atomic E-state index is 10.6. The molecule has 0 rings (SSSR count). The first kappa shape index (κ1) is 16.4. The maximum Gasteiger partial charge on any atom is 0.304 e. The fourth-order valence-corrected chi connectivity index (χ4v) is 1.79. The van der Waals surface area contributed by atoms with Crippen molar-refractivity contribution in [1.29, 1.82) is 0 Å². The molecular formula is C14H29NO2. The normalized spacial score (nSPS) is 11.4. The lowest BCUT2D eigenvalue weighted by atomic mass is 10.1. The average Bonchev–Trinajstić information content (AvgIpc) is 2.26. The van der Waals surface area contributed by atoms with Gasteiger partial charge >= 0.3 is 5.97 Å². The van der Waals surface area contributed by atoms with Gasteiger partial charge in [0.1, 0.15) is 0 Å². The van der Waals surface area contributed by atoms with Crippen molar-refractivity contribution in [2.75, 3.05) is 19.6 Å². The fraction of sp³-hybridized carbons (Fsp3) is 0.929. The molecule has 0 aliphatic rings. The minimum Gasteiger partial charge on any atom is -0.481 e. The minimum atomic E-state index is -0.687. The molecule has 1 N–H and O–H groups in total. The van der Waals surface area contributed by atoms with Crippen LogP contribution in [0.3, 0.4) is 0 Å². The van der Waals surface area contributed by atoms with Crippen molar-refractivity contribution in [1.82, 2.24) is 4.90 Å². The molecule has 102 valence electrons. The van der Waals surface area contributed by atoms with Gasteiger partial charge in [-0.15, -0.1) is 0 Å². The van der Waals surface area contributed by atoms with E-state index in [0.717, 1.165) is 19.5 Å². The summed E-state index contributed by atoms with van der Waals surface area (Å²) < 4.78 is 0. The third-order valence-electron chi connectivity index (χ3n) is 2.99. The van der Waals surface area contributed by atoms with Crippen molar-refractivity contribution in [3.8, 4) is 0 Å². The van der Waals surface area contributed by atoms with Crippen LogP contribution >= 0.6 is 0 Å². The van der Waals surface area contributed by atoms with Crippen molar-refractivity contribution < 1.29 is 9.90 Å². The molecule has 0 atom stereocenters. The number of carbonyl (C=O) groups is 1. The van der Waals surface area contributed by atoms with Gasteiger partial charge in [0, 0.05) is 6.54 Å². The van der Waals surface area contributed by atoms with E-state index >= 15 is 0 Å². The predicted octanol–water partition coefficient (Wildman–Crippen LogP) is 3.39. The van der Waals surface area contributed by atoms with Crippen LogP contribution in [0.25, 0.3) is 0 Å². The second kappa shape index (κ2) is 10.6. The Hall–Kier alpha value is -0.570. The van der Waals surface area contributed by atoms with Crippen LogP contribution in [-0.2, 0) is 4.79 Å². The van der Waals surface area contributed by atoms with Gasteiger partial charge in [-0.25, -0.2) is 0 Å². The van der Waals surface area contributed by atoms with Crippen LogP contribution in [0.2, 0.25) is 0 Å². The molecule has 0 unspecified atom stereocenters. The van der Waals surface area contributed by atoms with Crippen LogP contribution in [0, 0.1) is 5.92 Å². The molecule has 3 nitrogen and oxygen atoms in total. The highest BCUT2D eigenvalue weighted by molar-refractivity contribution is 5.66. The monoisotopic (exact) mass is 243 g/mol. The van der Waals surface area contributed by atoms with E-state index in [1.165, 1.54) is 25.7 Å². The molecule has 0 aliphatic heterocycles. The van der Waals surface area contributed by atoms with E-state index < -0.39 is 5.97 Å². The summed E-state index contributed by atoms with van der Waals surface area (Å²) in [7, 11) is 0. The van der Waals surface area contributed by atoms with Crippen molar-refractivity contribution in [3.63, 3.8) is 0 Å². The number of nitrogens with zero attached hydrogens (tertiary/aromatic N) is 1. The molecule has 0 bridgehead atoms. The second-order valence-corrected chi connectivity index (χ2v) is 5.23. The fourth-order valence-electron chi connectivity index (χ4n) is 1.79. The van der Waals surface area contributed by atoms with Crippen molar-refractivity contribution in [2.45, 2.75) is 59.3 Å². The van der Waals surface area contributed by atoms with E-state index in [2.05, 4.69) is 25.7 Å². The Balaban J connectivity index is 3.79. The molecule has 0 heterocycles. The zero-order valence-electron chi connectivity index (χ0n) is 11.7. The Morgan fingerprint density at radius 2 is 1.82 bits per heavy atom. The standard InChI is InChI=1S/C14H29NO2/c1-4-5-6-7-10-15(11-8-13(2)3)12-9-14(16)17/h13H,4-12H2,1-3H3,(H,16,17). The van der Waals surface area contributed by atoms with Gasteiger partial charge in [0.05, 0.1) is 6.42 Å². The van der Waals surface area contributed by atoms with Crippen LogP contribution in [0.4, 0.5) is 0 Å². The van der Waals surface area contributed by atoms with Gasteiger partial charge in [-0.1, -0.05) is 40.0 Å². The lowest BCUT2D eigenvalue weighted by molar-refractivity contribution is -0.137. The van der Waals surface area contributed by atoms with E-state index in [0.29, 0.717) is 12.5 Å². The molecule has 0 spiro atoms. The lowest BCUT2D eigenvalue weighted by Gasteiger charge is -2.22. The van der Waals surface area contributed by atoms with Gasteiger partial charge in [-0.2, -0.15) is 0 Å². The molecule has 0 amide bonds. The highest BCUT2D eigenvalue weighted by Crippen LogP contribution is 2.06. The molecule has 0 aromatic heterocycles. The molecular weight excluding hydrogens is 214 g/mol. The van der Waals surface area contributed by atoms with E-state index in [4.69, 9.17) is 5.11 Å². The van der Waals surface area contributed by atoms with Crippen molar-refractivity contribution in [2.24, 2.45) is 5.92 Å². The zero-order chi connectivity index (χ0) is 13.1. The molecule has 17 heavy (non-hydrogen) atoms. The summed E-state index contributed by atoms with van der Waals surface area (Å²) in [6.07, 6.45) is 6.44. The Morgan fingerprint density at radius 1 is 1.12 bits per heavy atom. The summed E-state index contributed by atoms with van der Waals surface area (Å²) >= 11 is 0. The lowest BCUT2D eigenvalue weighted by Crippen LogP contribution is -2.29. The number of rotatable bonds is 11. The number of carboxylic acid groups (broad SMARTS) is 1. The number of hydrogen-bond donors (Lipinski definition) is 1. The molecule has 0 aromatic carbocycles. The Labute approximate surface area is 106 Å². The molecule has 0 fully saturated rings. The van der Waals surface area contributed by atoms with Gasteiger partial charge in [-0.3, -0.25) is 4.79 Å². The number of aliphatic carboxylic acids is 1. The molecule has 0 saturated heterocycles. The minimum absolute atomic E-state index is 0.270. The largest absolute Gasteiger partial charge is 0.481 e. The third kappa shape index (κ3) is 11.7. The summed E-state index contributed by atoms with van der Waals surface area (Å²) in [5.41, 5.74) is 0. The smallest absolute Gasteiger partial charge is 0.304 e. The van der Waals surface area contributed by atoms with E-state index in [1.807, 2.05) is 0 Å². The van der Waals surface area contributed by atoms with Gasteiger partial charge < -0.3 is 10.0 Å². The van der Waals surface area contributed by atoms with Gasteiger partial charge in [0.2, 0.25) is 0 Å².